The normalized spacial score (nSPS) is 16.6. The van der Waals surface area contributed by atoms with E-state index in [1.165, 1.54) is 22.2 Å². The zero-order valence-corrected chi connectivity index (χ0v) is 8.01. The lowest BCUT2D eigenvalue weighted by atomic mass is 10.1. The maximum absolute atomic E-state index is 3.48. The number of rotatable bonds is 0. The largest absolute Gasteiger partial charge is 0.358 e. The van der Waals surface area contributed by atoms with Crippen LogP contribution in [-0.4, -0.2) is 18.1 Å². The Morgan fingerprint density at radius 2 is 2.07 bits per heavy atom. The highest BCUT2D eigenvalue weighted by Crippen LogP contribution is 2.24. The molecule has 3 rings (SSSR count). The topological polar surface area (TPSA) is 27.8 Å². The Balaban J connectivity index is 2.24. The molecule has 2 heterocycles. The molecular formula is C12H13N2. The van der Waals surface area contributed by atoms with E-state index >= 15 is 0 Å². The smallest absolute Gasteiger partial charge is 0.0459 e. The van der Waals surface area contributed by atoms with Gasteiger partial charge >= 0.3 is 0 Å². The van der Waals surface area contributed by atoms with Gasteiger partial charge in [-0.25, -0.2) is 0 Å². The molecule has 0 atom stereocenters. The first-order valence-electron chi connectivity index (χ1n) is 5.08. The molecule has 1 aliphatic heterocycles. The second-order valence-electron chi connectivity index (χ2n) is 3.72. The number of aromatic nitrogens is 1. The maximum Gasteiger partial charge on any atom is 0.0459 e. The fourth-order valence-corrected chi connectivity index (χ4v) is 2.14. The van der Waals surface area contributed by atoms with Gasteiger partial charge in [0.2, 0.25) is 0 Å². The van der Waals surface area contributed by atoms with Crippen molar-refractivity contribution in [2.45, 2.75) is 6.42 Å². The minimum Gasteiger partial charge on any atom is -0.358 e. The van der Waals surface area contributed by atoms with Crippen molar-refractivity contribution in [3.05, 3.63) is 41.9 Å². The van der Waals surface area contributed by atoms with E-state index in [0.717, 1.165) is 19.5 Å². The Hall–Kier alpha value is -1.28. The number of hydrogen-bond donors (Lipinski definition) is 2. The lowest BCUT2D eigenvalue weighted by Crippen LogP contribution is -2.15. The molecular weight excluding hydrogens is 172 g/mol. The summed E-state index contributed by atoms with van der Waals surface area (Å²) in [7, 11) is 0. The molecule has 2 nitrogen and oxygen atoms in total. The van der Waals surface area contributed by atoms with Crippen molar-refractivity contribution in [3.8, 4) is 0 Å². The number of aromatic amines is 1. The van der Waals surface area contributed by atoms with Crippen molar-refractivity contribution < 1.29 is 0 Å². The van der Waals surface area contributed by atoms with Gasteiger partial charge in [-0.2, -0.15) is 0 Å². The Bertz CT molecular complexity index is 456. The summed E-state index contributed by atoms with van der Waals surface area (Å²) < 4.78 is 0. The van der Waals surface area contributed by atoms with Crippen molar-refractivity contribution in [2.75, 3.05) is 13.1 Å². The van der Waals surface area contributed by atoms with E-state index in [0.29, 0.717) is 0 Å². The van der Waals surface area contributed by atoms with Gasteiger partial charge in [0.15, 0.2) is 0 Å². The van der Waals surface area contributed by atoms with Gasteiger partial charge in [0, 0.05) is 42.5 Å². The van der Waals surface area contributed by atoms with Gasteiger partial charge in [0.25, 0.3) is 0 Å². The standard InChI is InChI=1S/C12H13N2/c1-2-4-11-9(3-1)10-5-7-13-8-6-12(10)14-11/h1-5,13-14H,6-8H2. The van der Waals surface area contributed by atoms with E-state index in [4.69, 9.17) is 0 Å². The molecule has 0 amide bonds. The molecule has 2 heteroatoms. The summed E-state index contributed by atoms with van der Waals surface area (Å²) in [5.74, 6) is 0. The average Bonchev–Trinajstić information content (AvgIpc) is 2.42. The van der Waals surface area contributed by atoms with Crippen molar-refractivity contribution in [1.29, 1.82) is 0 Å². The van der Waals surface area contributed by atoms with Gasteiger partial charge in [0.1, 0.15) is 0 Å². The van der Waals surface area contributed by atoms with Crippen LogP contribution in [0, 0.1) is 6.42 Å². The Labute approximate surface area is 83.3 Å². The molecule has 14 heavy (non-hydrogen) atoms. The first kappa shape index (κ1) is 8.06. The predicted octanol–water partition coefficient (Wildman–Crippen LogP) is 1.87. The van der Waals surface area contributed by atoms with Crippen LogP contribution in [0.15, 0.2) is 24.3 Å². The molecule has 1 aliphatic rings. The van der Waals surface area contributed by atoms with Gasteiger partial charge in [0.05, 0.1) is 0 Å². The van der Waals surface area contributed by atoms with Crippen molar-refractivity contribution >= 4 is 10.9 Å². The second kappa shape index (κ2) is 3.14. The summed E-state index contributed by atoms with van der Waals surface area (Å²) in [5.41, 5.74) is 4.03. The lowest BCUT2D eigenvalue weighted by molar-refractivity contribution is 0.744. The average molecular weight is 185 g/mol. The molecule has 0 saturated heterocycles. The number of benzene rings is 1. The van der Waals surface area contributed by atoms with Crippen molar-refractivity contribution in [2.24, 2.45) is 0 Å². The molecule has 1 aromatic heterocycles. The molecule has 1 aromatic carbocycles. The van der Waals surface area contributed by atoms with Crippen LogP contribution in [0.1, 0.15) is 11.3 Å². The monoisotopic (exact) mass is 185 g/mol. The second-order valence-corrected chi connectivity index (χ2v) is 3.72. The minimum atomic E-state index is 0.981. The van der Waals surface area contributed by atoms with Crippen LogP contribution in [0.3, 0.4) is 0 Å². The molecule has 0 saturated carbocycles. The predicted molar refractivity (Wildman–Crippen MR) is 58.3 cm³/mol. The fraction of sp³-hybridized carbons (Fsp3) is 0.250. The third-order valence-corrected chi connectivity index (χ3v) is 2.83. The number of H-pyrrole nitrogens is 1. The molecule has 0 aliphatic carbocycles. The van der Waals surface area contributed by atoms with E-state index in [1.54, 1.807) is 0 Å². The molecule has 0 spiro atoms. The van der Waals surface area contributed by atoms with Gasteiger partial charge in [-0.3, -0.25) is 0 Å². The van der Waals surface area contributed by atoms with Crippen LogP contribution in [0.25, 0.3) is 10.9 Å². The molecule has 2 aromatic rings. The Kier molecular flexibility index (Phi) is 1.81. The van der Waals surface area contributed by atoms with E-state index in [2.05, 4.69) is 41.0 Å². The first-order chi connectivity index (χ1) is 6.95. The molecule has 0 unspecified atom stereocenters. The highest BCUT2D eigenvalue weighted by Gasteiger charge is 2.12. The summed E-state index contributed by atoms with van der Waals surface area (Å²) in [5, 5.41) is 4.72. The quantitative estimate of drug-likeness (QED) is 0.644. The third-order valence-electron chi connectivity index (χ3n) is 2.83. The summed E-state index contributed by atoms with van der Waals surface area (Å²) >= 11 is 0. The van der Waals surface area contributed by atoms with Gasteiger partial charge in [-0.15, -0.1) is 0 Å². The van der Waals surface area contributed by atoms with Crippen LogP contribution in [0.5, 0.6) is 0 Å². The minimum absolute atomic E-state index is 0.981. The van der Waals surface area contributed by atoms with Gasteiger partial charge < -0.3 is 10.3 Å². The summed E-state index contributed by atoms with van der Waals surface area (Å²) in [6.07, 6.45) is 3.38. The van der Waals surface area contributed by atoms with Crippen LogP contribution >= 0.6 is 0 Å². The van der Waals surface area contributed by atoms with Gasteiger partial charge in [-0.1, -0.05) is 18.2 Å². The number of fused-ring (bicyclic) bond motifs is 3. The zero-order chi connectivity index (χ0) is 9.38. The fourth-order valence-electron chi connectivity index (χ4n) is 2.14. The van der Waals surface area contributed by atoms with Crippen molar-refractivity contribution in [1.82, 2.24) is 10.3 Å². The third kappa shape index (κ3) is 1.15. The van der Waals surface area contributed by atoms with Crippen LogP contribution in [0.4, 0.5) is 0 Å². The van der Waals surface area contributed by atoms with Crippen molar-refractivity contribution in [3.63, 3.8) is 0 Å². The van der Waals surface area contributed by atoms with Crippen LogP contribution in [0.2, 0.25) is 0 Å². The molecule has 0 fully saturated rings. The number of para-hydroxylation sites is 1. The molecule has 71 valence electrons. The highest BCUT2D eigenvalue weighted by molar-refractivity contribution is 5.86. The lowest BCUT2D eigenvalue weighted by Gasteiger charge is -1.96. The van der Waals surface area contributed by atoms with Crippen LogP contribution < -0.4 is 5.32 Å². The van der Waals surface area contributed by atoms with E-state index < -0.39 is 0 Å². The van der Waals surface area contributed by atoms with E-state index in [9.17, 15) is 0 Å². The molecule has 0 bridgehead atoms. The molecule has 2 N–H and O–H groups in total. The number of hydrogen-bond acceptors (Lipinski definition) is 1. The van der Waals surface area contributed by atoms with E-state index in [1.807, 2.05) is 0 Å². The first-order valence-corrected chi connectivity index (χ1v) is 5.08. The zero-order valence-electron chi connectivity index (χ0n) is 8.01. The van der Waals surface area contributed by atoms with Gasteiger partial charge in [-0.05, 0) is 11.6 Å². The Morgan fingerprint density at radius 1 is 1.14 bits per heavy atom. The van der Waals surface area contributed by atoms with Crippen LogP contribution in [-0.2, 0) is 6.42 Å². The molecule has 1 radical (unpaired) electrons. The Morgan fingerprint density at radius 3 is 3.07 bits per heavy atom. The summed E-state index contributed by atoms with van der Waals surface area (Å²) in [4.78, 5) is 3.48. The number of nitrogens with one attached hydrogen (secondary N) is 2. The SMILES string of the molecule is [CH]1CNCCc2[nH]c3ccccc3c21. The van der Waals surface area contributed by atoms with E-state index in [-0.39, 0.29) is 0 Å². The highest BCUT2D eigenvalue weighted by atomic mass is 14.9. The summed E-state index contributed by atoms with van der Waals surface area (Å²) in [6, 6.07) is 8.51. The summed E-state index contributed by atoms with van der Waals surface area (Å²) in [6.45, 7) is 2.05. The maximum atomic E-state index is 3.48.